The molecular formula is C19H31FIN3OS. The number of rotatable bonds is 7. The summed E-state index contributed by atoms with van der Waals surface area (Å²) in [7, 11) is 0. The molecule has 4 nitrogen and oxygen atoms in total. The third-order valence-corrected chi connectivity index (χ3v) is 6.12. The quantitative estimate of drug-likeness (QED) is 0.304. The zero-order chi connectivity index (χ0) is 18.4. The number of hydrogen-bond donors (Lipinski definition) is 3. The van der Waals surface area contributed by atoms with Crippen LogP contribution in [0.15, 0.2) is 23.2 Å². The van der Waals surface area contributed by atoms with Crippen LogP contribution in [0.2, 0.25) is 0 Å². The lowest BCUT2D eigenvalue weighted by Gasteiger charge is -2.44. The average molecular weight is 495 g/mol. The Balaban J connectivity index is 0.00000338. The van der Waals surface area contributed by atoms with Gasteiger partial charge in [-0.25, -0.2) is 4.39 Å². The number of benzene rings is 1. The Morgan fingerprint density at radius 3 is 2.73 bits per heavy atom. The summed E-state index contributed by atoms with van der Waals surface area (Å²) >= 11 is 1.80. The predicted molar refractivity (Wildman–Crippen MR) is 120 cm³/mol. The molecule has 3 atom stereocenters. The maximum atomic E-state index is 13.8. The Bertz CT molecular complexity index is 616. The molecule has 3 unspecified atom stereocenters. The number of guanidine groups is 1. The molecule has 0 aromatic heterocycles. The zero-order valence-electron chi connectivity index (χ0n) is 16.0. The topological polar surface area (TPSA) is 56.7 Å². The molecule has 7 heteroatoms. The molecule has 0 heterocycles. The minimum atomic E-state index is -0.706. The smallest absolute Gasteiger partial charge is 0.191 e. The molecule has 0 spiro atoms. The molecule has 1 fully saturated rings. The van der Waals surface area contributed by atoms with Gasteiger partial charge in [-0.2, -0.15) is 11.8 Å². The fraction of sp³-hybridized carbons (Fsp3) is 0.632. The van der Waals surface area contributed by atoms with Crippen molar-refractivity contribution in [3.05, 3.63) is 35.1 Å². The molecule has 148 valence electrons. The summed E-state index contributed by atoms with van der Waals surface area (Å²) in [6.45, 7) is 8.96. The molecular weight excluding hydrogens is 464 g/mol. The fourth-order valence-electron chi connectivity index (χ4n) is 2.92. The Morgan fingerprint density at radius 2 is 2.19 bits per heavy atom. The van der Waals surface area contributed by atoms with Gasteiger partial charge >= 0.3 is 0 Å². The van der Waals surface area contributed by atoms with Crippen molar-refractivity contribution in [3.63, 3.8) is 0 Å². The van der Waals surface area contributed by atoms with E-state index in [1.807, 2.05) is 19.9 Å². The van der Waals surface area contributed by atoms with Crippen molar-refractivity contribution in [1.82, 2.24) is 10.6 Å². The van der Waals surface area contributed by atoms with Crippen molar-refractivity contribution in [1.29, 1.82) is 0 Å². The molecule has 1 aliphatic rings. The molecule has 1 aromatic carbocycles. The van der Waals surface area contributed by atoms with Crippen LogP contribution in [0.1, 0.15) is 50.8 Å². The molecule has 0 aliphatic heterocycles. The van der Waals surface area contributed by atoms with Gasteiger partial charge in [-0.1, -0.05) is 19.1 Å². The number of aliphatic hydroxyl groups is 1. The second kappa shape index (κ2) is 10.7. The van der Waals surface area contributed by atoms with Crippen LogP contribution in [0, 0.1) is 12.7 Å². The lowest BCUT2D eigenvalue weighted by atomic mass is 9.79. The van der Waals surface area contributed by atoms with Crippen LogP contribution in [-0.4, -0.2) is 40.8 Å². The summed E-state index contributed by atoms with van der Waals surface area (Å²) in [4.78, 5) is 4.58. The molecule has 2 rings (SSSR count). The van der Waals surface area contributed by atoms with E-state index in [4.69, 9.17) is 0 Å². The molecule has 3 N–H and O–H groups in total. The van der Waals surface area contributed by atoms with Crippen LogP contribution >= 0.6 is 35.7 Å². The highest BCUT2D eigenvalue weighted by molar-refractivity contribution is 14.0. The van der Waals surface area contributed by atoms with E-state index in [0.717, 1.165) is 30.7 Å². The van der Waals surface area contributed by atoms with E-state index in [2.05, 4.69) is 22.5 Å². The normalized spacial score (nSPS) is 23.6. The van der Waals surface area contributed by atoms with Crippen LogP contribution < -0.4 is 10.6 Å². The molecule has 0 amide bonds. The highest BCUT2D eigenvalue weighted by atomic mass is 127. The summed E-state index contributed by atoms with van der Waals surface area (Å²) in [6, 6.07) is 5.19. The Kier molecular flexibility index (Phi) is 9.68. The standard InChI is InChI=1S/C19H30FN3OS.HI/c1-5-21-18(22-12-19(24)10-9-17(19)25-6-2)23-14(4)15-8-7-13(3)16(20)11-15;/h7-8,11,14,17,24H,5-6,9-10,12H2,1-4H3,(H2,21,22,23);1H. The molecule has 0 bridgehead atoms. The molecule has 1 aromatic rings. The van der Waals surface area contributed by atoms with Crippen molar-refractivity contribution in [3.8, 4) is 0 Å². The monoisotopic (exact) mass is 495 g/mol. The number of nitrogens with zero attached hydrogens (tertiary/aromatic N) is 1. The Labute approximate surface area is 177 Å². The van der Waals surface area contributed by atoms with Gasteiger partial charge in [0.1, 0.15) is 5.82 Å². The SMILES string of the molecule is CCNC(=NCC1(O)CCC1SCC)NC(C)c1ccc(C)c(F)c1.I. The summed E-state index contributed by atoms with van der Waals surface area (Å²) in [5, 5.41) is 17.5. The lowest BCUT2D eigenvalue weighted by Crippen LogP contribution is -2.53. The first-order valence-corrected chi connectivity index (χ1v) is 10.1. The number of nitrogens with one attached hydrogen (secondary N) is 2. The zero-order valence-corrected chi connectivity index (χ0v) is 19.2. The van der Waals surface area contributed by atoms with E-state index in [0.29, 0.717) is 18.1 Å². The highest BCUT2D eigenvalue weighted by Crippen LogP contribution is 2.41. The van der Waals surface area contributed by atoms with Crippen molar-refractivity contribution in [2.45, 2.75) is 57.4 Å². The molecule has 0 saturated heterocycles. The minimum Gasteiger partial charge on any atom is -0.387 e. The summed E-state index contributed by atoms with van der Waals surface area (Å²) < 4.78 is 13.8. The van der Waals surface area contributed by atoms with E-state index in [1.54, 1.807) is 30.8 Å². The summed E-state index contributed by atoms with van der Waals surface area (Å²) in [6.07, 6.45) is 1.85. The number of hydrogen-bond acceptors (Lipinski definition) is 3. The highest BCUT2D eigenvalue weighted by Gasteiger charge is 2.45. The number of aliphatic imine (C=N–C) groups is 1. The number of thioether (sulfide) groups is 1. The molecule has 1 aliphatic carbocycles. The number of halogens is 2. The molecule has 1 saturated carbocycles. The van der Waals surface area contributed by atoms with Gasteiger partial charge in [0.15, 0.2) is 5.96 Å². The first-order valence-electron chi connectivity index (χ1n) is 9.04. The fourth-order valence-corrected chi connectivity index (χ4v) is 4.11. The van der Waals surface area contributed by atoms with Crippen molar-refractivity contribution < 1.29 is 9.50 Å². The second-order valence-electron chi connectivity index (χ2n) is 6.66. The van der Waals surface area contributed by atoms with Gasteiger partial charge in [-0.05, 0) is 56.6 Å². The third-order valence-electron chi connectivity index (χ3n) is 4.71. The van der Waals surface area contributed by atoms with E-state index >= 15 is 0 Å². The first-order chi connectivity index (χ1) is 11.9. The Hall–Kier alpha value is -0.540. The van der Waals surface area contributed by atoms with E-state index in [-0.39, 0.29) is 41.1 Å². The lowest BCUT2D eigenvalue weighted by molar-refractivity contribution is -0.0154. The number of aryl methyl sites for hydroxylation is 1. The van der Waals surface area contributed by atoms with Crippen molar-refractivity contribution in [2.75, 3.05) is 18.8 Å². The summed E-state index contributed by atoms with van der Waals surface area (Å²) in [5.74, 6) is 1.46. The van der Waals surface area contributed by atoms with Gasteiger partial charge in [-0.15, -0.1) is 24.0 Å². The average Bonchev–Trinajstić information content (AvgIpc) is 2.58. The van der Waals surface area contributed by atoms with Gasteiger partial charge in [0.05, 0.1) is 18.2 Å². The molecule has 26 heavy (non-hydrogen) atoms. The maximum Gasteiger partial charge on any atom is 0.191 e. The third kappa shape index (κ3) is 5.99. The van der Waals surface area contributed by atoms with E-state index in [9.17, 15) is 9.50 Å². The van der Waals surface area contributed by atoms with E-state index in [1.165, 1.54) is 0 Å². The van der Waals surface area contributed by atoms with Crippen LogP contribution in [0.4, 0.5) is 4.39 Å². The van der Waals surface area contributed by atoms with Crippen molar-refractivity contribution >= 4 is 41.7 Å². The van der Waals surface area contributed by atoms with Crippen LogP contribution in [0.3, 0.4) is 0 Å². The predicted octanol–water partition coefficient (Wildman–Crippen LogP) is 4.01. The van der Waals surface area contributed by atoms with Gasteiger partial charge < -0.3 is 15.7 Å². The maximum absolute atomic E-state index is 13.8. The van der Waals surface area contributed by atoms with Gasteiger partial charge in [-0.3, -0.25) is 4.99 Å². The summed E-state index contributed by atoms with van der Waals surface area (Å²) in [5.41, 5.74) is 0.807. The van der Waals surface area contributed by atoms with Gasteiger partial charge in [0, 0.05) is 11.8 Å². The first kappa shape index (κ1) is 23.5. The van der Waals surface area contributed by atoms with Gasteiger partial charge in [0.2, 0.25) is 0 Å². The molecule has 0 radical (unpaired) electrons. The second-order valence-corrected chi connectivity index (χ2v) is 8.14. The van der Waals surface area contributed by atoms with Crippen LogP contribution in [0.5, 0.6) is 0 Å². The van der Waals surface area contributed by atoms with Gasteiger partial charge in [0.25, 0.3) is 0 Å². The van der Waals surface area contributed by atoms with Crippen LogP contribution in [0.25, 0.3) is 0 Å². The largest absolute Gasteiger partial charge is 0.387 e. The minimum absolute atomic E-state index is 0. The van der Waals surface area contributed by atoms with E-state index < -0.39 is 5.60 Å². The van der Waals surface area contributed by atoms with Crippen LogP contribution in [-0.2, 0) is 0 Å². The Morgan fingerprint density at radius 1 is 1.46 bits per heavy atom. The van der Waals surface area contributed by atoms with Crippen molar-refractivity contribution in [2.24, 2.45) is 4.99 Å².